The van der Waals surface area contributed by atoms with Crippen molar-refractivity contribution < 1.29 is 19.2 Å². The highest BCUT2D eigenvalue weighted by Crippen LogP contribution is 2.16. The molecule has 0 bridgehead atoms. The number of benzene rings is 1. The standard InChI is InChI=1S/C11H12BFN2O3/c1-15-6-8(5-14-15)7-18-11-4-9(12(16)17)2-3-10(11)13/h2-6,16-17H,7H2,1H3. The van der Waals surface area contributed by atoms with Crippen LogP contribution in [-0.4, -0.2) is 26.9 Å². The summed E-state index contributed by atoms with van der Waals surface area (Å²) in [6.07, 6.45) is 3.37. The summed E-state index contributed by atoms with van der Waals surface area (Å²) >= 11 is 0. The summed E-state index contributed by atoms with van der Waals surface area (Å²) in [5, 5.41) is 21.9. The zero-order chi connectivity index (χ0) is 13.1. The Morgan fingerprint density at radius 1 is 1.44 bits per heavy atom. The zero-order valence-electron chi connectivity index (χ0n) is 9.75. The maximum atomic E-state index is 13.4. The van der Waals surface area contributed by atoms with Gasteiger partial charge in [-0.2, -0.15) is 5.10 Å². The van der Waals surface area contributed by atoms with Gasteiger partial charge in [0.15, 0.2) is 11.6 Å². The smallest absolute Gasteiger partial charge is 0.486 e. The molecular formula is C11H12BFN2O3. The lowest BCUT2D eigenvalue weighted by molar-refractivity contribution is 0.290. The van der Waals surface area contributed by atoms with Crippen molar-refractivity contribution in [2.24, 2.45) is 7.05 Å². The summed E-state index contributed by atoms with van der Waals surface area (Å²) in [5.41, 5.74) is 0.976. The van der Waals surface area contributed by atoms with Gasteiger partial charge < -0.3 is 14.8 Å². The Hall–Kier alpha value is -1.86. The molecule has 1 heterocycles. The molecule has 7 heteroatoms. The van der Waals surface area contributed by atoms with Gasteiger partial charge in [0.1, 0.15) is 6.61 Å². The zero-order valence-corrected chi connectivity index (χ0v) is 9.75. The second-order valence-electron chi connectivity index (χ2n) is 3.87. The molecule has 0 aliphatic carbocycles. The van der Waals surface area contributed by atoms with E-state index in [1.54, 1.807) is 24.1 Å². The Morgan fingerprint density at radius 3 is 2.83 bits per heavy atom. The van der Waals surface area contributed by atoms with Gasteiger partial charge in [-0.1, -0.05) is 6.07 Å². The lowest BCUT2D eigenvalue weighted by Crippen LogP contribution is -2.29. The number of hydrogen-bond acceptors (Lipinski definition) is 4. The van der Waals surface area contributed by atoms with E-state index in [1.807, 2.05) is 0 Å². The Labute approximate surface area is 104 Å². The molecule has 0 radical (unpaired) electrons. The average Bonchev–Trinajstić information content (AvgIpc) is 2.74. The van der Waals surface area contributed by atoms with Crippen LogP contribution >= 0.6 is 0 Å². The highest BCUT2D eigenvalue weighted by atomic mass is 19.1. The Bertz CT molecular complexity index is 545. The van der Waals surface area contributed by atoms with Crippen molar-refractivity contribution in [1.29, 1.82) is 0 Å². The van der Waals surface area contributed by atoms with E-state index in [1.165, 1.54) is 12.1 Å². The summed E-state index contributed by atoms with van der Waals surface area (Å²) in [7, 11) is 0.124. The van der Waals surface area contributed by atoms with E-state index in [-0.39, 0.29) is 17.8 Å². The van der Waals surface area contributed by atoms with E-state index < -0.39 is 12.9 Å². The van der Waals surface area contributed by atoms with Gasteiger partial charge in [-0.15, -0.1) is 0 Å². The van der Waals surface area contributed by atoms with Crippen LogP contribution in [-0.2, 0) is 13.7 Å². The average molecular weight is 250 g/mol. The Balaban J connectivity index is 2.10. The largest absolute Gasteiger partial charge is 0.488 e. The first-order valence-electron chi connectivity index (χ1n) is 5.32. The van der Waals surface area contributed by atoms with Gasteiger partial charge in [0, 0.05) is 18.8 Å². The van der Waals surface area contributed by atoms with Crippen LogP contribution in [0.15, 0.2) is 30.6 Å². The molecule has 0 spiro atoms. The van der Waals surface area contributed by atoms with Crippen molar-refractivity contribution >= 4 is 12.6 Å². The van der Waals surface area contributed by atoms with Crippen LogP contribution in [0.5, 0.6) is 5.75 Å². The SMILES string of the molecule is Cn1cc(COc2cc(B(O)O)ccc2F)cn1. The van der Waals surface area contributed by atoms with Crippen LogP contribution in [0.3, 0.4) is 0 Å². The van der Waals surface area contributed by atoms with Crippen molar-refractivity contribution in [3.8, 4) is 5.75 Å². The lowest BCUT2D eigenvalue weighted by atomic mass is 9.80. The minimum Gasteiger partial charge on any atom is -0.486 e. The Kier molecular flexibility index (Phi) is 3.64. The monoisotopic (exact) mass is 250 g/mol. The molecular weight excluding hydrogens is 238 g/mol. The first-order chi connectivity index (χ1) is 8.56. The van der Waals surface area contributed by atoms with E-state index in [0.29, 0.717) is 0 Å². The van der Waals surface area contributed by atoms with E-state index in [0.717, 1.165) is 11.6 Å². The predicted octanol–water partition coefficient (Wildman–Crippen LogP) is -0.182. The molecule has 0 saturated heterocycles. The van der Waals surface area contributed by atoms with Gasteiger partial charge in [-0.3, -0.25) is 4.68 Å². The van der Waals surface area contributed by atoms with Crippen LogP contribution in [0.4, 0.5) is 4.39 Å². The van der Waals surface area contributed by atoms with Gasteiger partial charge in [-0.05, 0) is 17.6 Å². The van der Waals surface area contributed by atoms with Crippen molar-refractivity contribution in [2.75, 3.05) is 0 Å². The highest BCUT2D eigenvalue weighted by Gasteiger charge is 2.14. The van der Waals surface area contributed by atoms with Gasteiger partial charge in [-0.25, -0.2) is 4.39 Å². The van der Waals surface area contributed by atoms with E-state index in [2.05, 4.69) is 5.10 Å². The maximum absolute atomic E-state index is 13.4. The molecule has 0 fully saturated rings. The number of ether oxygens (including phenoxy) is 1. The van der Waals surface area contributed by atoms with Crippen LogP contribution in [0, 0.1) is 5.82 Å². The summed E-state index contributed by atoms with van der Waals surface area (Å²) in [4.78, 5) is 0. The van der Waals surface area contributed by atoms with Crippen molar-refractivity contribution in [3.63, 3.8) is 0 Å². The molecule has 0 amide bonds. The normalized spacial score (nSPS) is 10.4. The van der Waals surface area contributed by atoms with Crippen LogP contribution in [0.25, 0.3) is 0 Å². The molecule has 0 atom stereocenters. The fraction of sp³-hybridized carbons (Fsp3) is 0.182. The molecule has 0 aliphatic rings. The fourth-order valence-electron chi connectivity index (χ4n) is 1.50. The number of rotatable bonds is 4. The minimum absolute atomic E-state index is 0.0237. The fourth-order valence-corrected chi connectivity index (χ4v) is 1.50. The molecule has 5 nitrogen and oxygen atoms in total. The summed E-state index contributed by atoms with van der Waals surface area (Å²) in [6.45, 7) is 0.162. The second-order valence-corrected chi connectivity index (χ2v) is 3.87. The molecule has 1 aromatic carbocycles. The van der Waals surface area contributed by atoms with E-state index in [4.69, 9.17) is 14.8 Å². The molecule has 2 N–H and O–H groups in total. The third-order valence-corrected chi connectivity index (χ3v) is 2.41. The van der Waals surface area contributed by atoms with Gasteiger partial charge >= 0.3 is 7.12 Å². The molecule has 2 rings (SSSR count). The summed E-state index contributed by atoms with van der Waals surface area (Å²) in [6, 6.07) is 3.68. The molecule has 0 saturated carbocycles. The number of aromatic nitrogens is 2. The third-order valence-electron chi connectivity index (χ3n) is 2.41. The topological polar surface area (TPSA) is 67.5 Å². The molecule has 1 aromatic heterocycles. The number of nitrogens with zero attached hydrogens (tertiary/aromatic N) is 2. The second kappa shape index (κ2) is 5.20. The molecule has 2 aromatic rings. The first-order valence-corrected chi connectivity index (χ1v) is 5.32. The molecule has 94 valence electrons. The molecule has 18 heavy (non-hydrogen) atoms. The number of hydrogen-bond donors (Lipinski definition) is 2. The number of halogens is 1. The Morgan fingerprint density at radius 2 is 2.22 bits per heavy atom. The quantitative estimate of drug-likeness (QED) is 0.738. The summed E-state index contributed by atoms with van der Waals surface area (Å²) < 4.78 is 20.3. The first kappa shape index (κ1) is 12.6. The van der Waals surface area contributed by atoms with E-state index >= 15 is 0 Å². The minimum atomic E-state index is -1.65. The third kappa shape index (κ3) is 2.88. The molecule has 0 unspecified atom stereocenters. The highest BCUT2D eigenvalue weighted by molar-refractivity contribution is 6.58. The molecule has 0 aliphatic heterocycles. The van der Waals surface area contributed by atoms with Gasteiger partial charge in [0.25, 0.3) is 0 Å². The maximum Gasteiger partial charge on any atom is 0.488 e. The van der Waals surface area contributed by atoms with Gasteiger partial charge in [0.05, 0.1) is 6.20 Å². The van der Waals surface area contributed by atoms with Gasteiger partial charge in [0.2, 0.25) is 0 Å². The van der Waals surface area contributed by atoms with Crippen LogP contribution in [0.2, 0.25) is 0 Å². The predicted molar refractivity (Wildman–Crippen MR) is 63.8 cm³/mol. The van der Waals surface area contributed by atoms with Crippen molar-refractivity contribution in [2.45, 2.75) is 6.61 Å². The summed E-state index contributed by atoms with van der Waals surface area (Å²) in [5.74, 6) is -0.576. The van der Waals surface area contributed by atoms with E-state index in [9.17, 15) is 4.39 Å². The number of aryl methyl sites for hydroxylation is 1. The van der Waals surface area contributed by atoms with Crippen molar-refractivity contribution in [1.82, 2.24) is 9.78 Å². The van der Waals surface area contributed by atoms with Crippen LogP contribution in [0.1, 0.15) is 5.56 Å². The van der Waals surface area contributed by atoms with Crippen LogP contribution < -0.4 is 10.2 Å². The van der Waals surface area contributed by atoms with Crippen molar-refractivity contribution in [3.05, 3.63) is 42.0 Å². The lowest BCUT2D eigenvalue weighted by Gasteiger charge is -2.08.